The molecule has 0 bridgehead atoms. The Bertz CT molecular complexity index is 863. The quantitative estimate of drug-likeness (QED) is 0.693. The van der Waals surface area contributed by atoms with Crippen molar-refractivity contribution in [3.63, 3.8) is 0 Å². The second-order valence-electron chi connectivity index (χ2n) is 8.00. The minimum Gasteiger partial charge on any atom is -0.475 e. The Labute approximate surface area is 180 Å². The Balaban J connectivity index is 0.000000423. The minimum absolute atomic E-state index is 0.00243. The van der Waals surface area contributed by atoms with Gasteiger partial charge in [-0.3, -0.25) is 4.90 Å². The average Bonchev–Trinajstić information content (AvgIpc) is 3.02. The summed E-state index contributed by atoms with van der Waals surface area (Å²) in [5.41, 5.74) is 2.42. The number of likely N-dealkylation sites (tertiary alicyclic amines) is 1. The predicted octanol–water partition coefficient (Wildman–Crippen LogP) is 2.69. The number of nitrogens with zero attached hydrogens (tertiary/aromatic N) is 1. The number of ether oxygens (including phenoxy) is 1. The third-order valence-electron chi connectivity index (χ3n) is 5.35. The highest BCUT2D eigenvalue weighted by Crippen LogP contribution is 2.35. The molecule has 0 radical (unpaired) electrons. The Morgan fingerprint density at radius 1 is 1.39 bits per heavy atom. The maximum atomic E-state index is 11.8. The number of alkyl halides is 3. The standard InChI is InChI=1S/C18H28N2O3S.C2HF3O2/c1-3-24(21,22)19-17-7-10-23-18(12-17)8-9-20(14-18)13-16-6-4-5-15(2)11-16;3-2(4,5)1(6)7/h4-6,11,17,19H,3,7-10,12-14H2,1-2H3;(H,6,7)/t17-,18-;/m1./s1. The zero-order chi connectivity index (χ0) is 23.3. The number of carbonyl (C=O) groups is 1. The van der Waals surface area contributed by atoms with Crippen molar-refractivity contribution in [1.29, 1.82) is 0 Å². The van der Waals surface area contributed by atoms with Crippen molar-refractivity contribution in [2.45, 2.75) is 57.5 Å². The monoisotopic (exact) mass is 466 g/mol. The Morgan fingerprint density at radius 2 is 2.06 bits per heavy atom. The van der Waals surface area contributed by atoms with Crippen molar-refractivity contribution in [3.8, 4) is 0 Å². The van der Waals surface area contributed by atoms with Crippen molar-refractivity contribution in [2.24, 2.45) is 0 Å². The number of aliphatic carboxylic acids is 1. The number of sulfonamides is 1. The maximum absolute atomic E-state index is 11.8. The summed E-state index contributed by atoms with van der Waals surface area (Å²) >= 11 is 0. The molecule has 2 fully saturated rings. The molecule has 2 heterocycles. The number of aryl methyl sites for hydroxylation is 1. The Hall–Kier alpha value is -1.69. The number of halogens is 3. The summed E-state index contributed by atoms with van der Waals surface area (Å²) < 4.78 is 64.4. The van der Waals surface area contributed by atoms with E-state index in [-0.39, 0.29) is 17.4 Å². The van der Waals surface area contributed by atoms with Gasteiger partial charge in [0.25, 0.3) is 0 Å². The van der Waals surface area contributed by atoms with Crippen LogP contribution in [0.5, 0.6) is 0 Å². The predicted molar refractivity (Wildman–Crippen MR) is 109 cm³/mol. The minimum atomic E-state index is -5.08. The second kappa shape index (κ2) is 10.3. The molecule has 0 unspecified atom stereocenters. The first-order valence-corrected chi connectivity index (χ1v) is 11.7. The van der Waals surface area contributed by atoms with E-state index in [4.69, 9.17) is 14.6 Å². The third kappa shape index (κ3) is 8.06. The van der Waals surface area contributed by atoms with E-state index in [1.165, 1.54) is 11.1 Å². The number of nitrogens with one attached hydrogen (secondary N) is 1. The number of hydrogen-bond donors (Lipinski definition) is 2. The Kier molecular flexibility index (Phi) is 8.48. The summed E-state index contributed by atoms with van der Waals surface area (Å²) in [5.74, 6) is -2.62. The van der Waals surface area contributed by atoms with Gasteiger partial charge in [0, 0.05) is 32.3 Å². The summed E-state index contributed by atoms with van der Waals surface area (Å²) in [6.07, 6.45) is -2.57. The first-order valence-electron chi connectivity index (χ1n) is 10.1. The van der Waals surface area contributed by atoms with Crippen LogP contribution in [0.1, 0.15) is 37.3 Å². The van der Waals surface area contributed by atoms with Crippen LogP contribution in [-0.4, -0.2) is 67.7 Å². The molecule has 2 aliphatic rings. The molecule has 1 aromatic rings. The number of benzene rings is 1. The van der Waals surface area contributed by atoms with Gasteiger partial charge in [-0.15, -0.1) is 0 Å². The van der Waals surface area contributed by atoms with Crippen molar-refractivity contribution in [2.75, 3.05) is 25.4 Å². The lowest BCUT2D eigenvalue weighted by Crippen LogP contribution is -2.50. The van der Waals surface area contributed by atoms with Crippen LogP contribution in [0.15, 0.2) is 24.3 Å². The van der Waals surface area contributed by atoms with E-state index in [0.29, 0.717) is 6.61 Å². The first kappa shape index (κ1) is 25.6. The number of carboxylic acid groups (broad SMARTS) is 1. The van der Waals surface area contributed by atoms with Crippen LogP contribution in [0.3, 0.4) is 0 Å². The van der Waals surface area contributed by atoms with Gasteiger partial charge in [-0.1, -0.05) is 29.8 Å². The largest absolute Gasteiger partial charge is 0.490 e. The van der Waals surface area contributed by atoms with E-state index in [9.17, 15) is 21.6 Å². The molecule has 2 aliphatic heterocycles. The van der Waals surface area contributed by atoms with Crippen LogP contribution < -0.4 is 4.72 Å². The van der Waals surface area contributed by atoms with Crippen LogP contribution in [0.2, 0.25) is 0 Å². The molecule has 31 heavy (non-hydrogen) atoms. The topological polar surface area (TPSA) is 95.9 Å². The van der Waals surface area contributed by atoms with Crippen LogP contribution >= 0.6 is 0 Å². The van der Waals surface area contributed by atoms with Gasteiger partial charge < -0.3 is 9.84 Å². The Morgan fingerprint density at radius 3 is 2.65 bits per heavy atom. The molecule has 3 rings (SSSR count). The van der Waals surface area contributed by atoms with Gasteiger partial charge in [-0.05, 0) is 38.7 Å². The molecule has 11 heteroatoms. The summed E-state index contributed by atoms with van der Waals surface area (Å²) in [7, 11) is -3.15. The maximum Gasteiger partial charge on any atom is 0.490 e. The van der Waals surface area contributed by atoms with Gasteiger partial charge in [0.15, 0.2) is 0 Å². The lowest BCUT2D eigenvalue weighted by molar-refractivity contribution is -0.192. The summed E-state index contributed by atoms with van der Waals surface area (Å²) in [4.78, 5) is 11.3. The van der Waals surface area contributed by atoms with Gasteiger partial charge in [0.1, 0.15) is 0 Å². The fourth-order valence-corrected chi connectivity index (χ4v) is 4.76. The van der Waals surface area contributed by atoms with Crippen LogP contribution in [0.25, 0.3) is 0 Å². The second-order valence-corrected chi connectivity index (χ2v) is 10.0. The summed E-state index contributed by atoms with van der Waals surface area (Å²) in [6, 6.07) is 8.61. The lowest BCUT2D eigenvalue weighted by Gasteiger charge is -2.38. The lowest BCUT2D eigenvalue weighted by atomic mass is 9.90. The fourth-order valence-electron chi connectivity index (χ4n) is 3.88. The first-order chi connectivity index (χ1) is 14.3. The molecular formula is C20H29F3N2O5S. The zero-order valence-electron chi connectivity index (χ0n) is 17.6. The van der Waals surface area contributed by atoms with E-state index in [2.05, 4.69) is 40.8 Å². The van der Waals surface area contributed by atoms with Gasteiger partial charge in [0.05, 0.1) is 11.4 Å². The van der Waals surface area contributed by atoms with Crippen molar-refractivity contribution in [3.05, 3.63) is 35.4 Å². The molecule has 2 atom stereocenters. The van der Waals surface area contributed by atoms with Gasteiger partial charge >= 0.3 is 12.1 Å². The molecule has 0 aliphatic carbocycles. The third-order valence-corrected chi connectivity index (χ3v) is 6.80. The number of rotatable bonds is 5. The van der Waals surface area contributed by atoms with E-state index < -0.39 is 22.2 Å². The highest BCUT2D eigenvalue weighted by molar-refractivity contribution is 7.89. The molecular weight excluding hydrogens is 437 g/mol. The van der Waals surface area contributed by atoms with E-state index >= 15 is 0 Å². The molecule has 0 aromatic heterocycles. The molecule has 2 saturated heterocycles. The molecule has 176 valence electrons. The molecule has 0 amide bonds. The van der Waals surface area contributed by atoms with Crippen LogP contribution in [0.4, 0.5) is 13.2 Å². The molecule has 0 saturated carbocycles. The van der Waals surface area contributed by atoms with Gasteiger partial charge in [0.2, 0.25) is 10.0 Å². The summed E-state index contributed by atoms with van der Waals surface area (Å²) in [6.45, 7) is 7.24. The smallest absolute Gasteiger partial charge is 0.475 e. The highest BCUT2D eigenvalue weighted by atomic mass is 32.2. The van der Waals surface area contributed by atoms with Gasteiger partial charge in [-0.2, -0.15) is 13.2 Å². The fraction of sp³-hybridized carbons (Fsp3) is 0.650. The van der Waals surface area contributed by atoms with Crippen LogP contribution in [0, 0.1) is 6.92 Å². The highest BCUT2D eigenvalue weighted by Gasteiger charge is 2.43. The number of carboxylic acids is 1. The summed E-state index contributed by atoms with van der Waals surface area (Å²) in [5, 5.41) is 7.12. The van der Waals surface area contributed by atoms with E-state index in [1.54, 1.807) is 6.92 Å². The SMILES string of the molecule is CCS(=O)(=O)N[C@@H]1CCO[C@]2(CCN(Cc3cccc(C)c3)C2)C1.O=C(O)C(F)(F)F. The molecule has 7 nitrogen and oxygen atoms in total. The van der Waals surface area contributed by atoms with E-state index in [1.807, 2.05) is 0 Å². The molecule has 1 spiro atoms. The zero-order valence-corrected chi connectivity index (χ0v) is 18.4. The van der Waals surface area contributed by atoms with Crippen molar-refractivity contribution in [1.82, 2.24) is 9.62 Å². The molecule has 1 aromatic carbocycles. The van der Waals surface area contributed by atoms with Crippen molar-refractivity contribution >= 4 is 16.0 Å². The van der Waals surface area contributed by atoms with Crippen LogP contribution in [-0.2, 0) is 26.1 Å². The van der Waals surface area contributed by atoms with E-state index in [0.717, 1.165) is 38.9 Å². The average molecular weight is 467 g/mol. The van der Waals surface area contributed by atoms with Crippen molar-refractivity contribution < 1.29 is 36.2 Å². The number of hydrogen-bond acceptors (Lipinski definition) is 5. The normalized spacial score (nSPS) is 24.6. The molecule has 2 N–H and O–H groups in total. The van der Waals surface area contributed by atoms with Gasteiger partial charge in [-0.25, -0.2) is 17.9 Å².